The van der Waals surface area contributed by atoms with Gasteiger partial charge in [0.1, 0.15) is 6.10 Å². The number of ether oxygens (including phenoxy) is 4. The molecule has 3 saturated heterocycles. The molecule has 0 aromatic heterocycles. The molecule has 3 rings (SSSR count). The second-order valence-corrected chi connectivity index (χ2v) is 13.7. The average Bonchev–Trinajstić information content (AvgIpc) is 2.77. The van der Waals surface area contributed by atoms with E-state index in [4.69, 9.17) is 18.9 Å². The zero-order valence-corrected chi connectivity index (χ0v) is 22.1. The van der Waals surface area contributed by atoms with Crippen LogP contribution >= 0.6 is 58.8 Å². The average molecular weight is 515 g/mol. The quantitative estimate of drug-likeness (QED) is 0.455. The van der Waals surface area contributed by atoms with Gasteiger partial charge in [-0.05, 0) is 12.8 Å². The van der Waals surface area contributed by atoms with Gasteiger partial charge in [-0.15, -0.1) is 0 Å². The first-order chi connectivity index (χ1) is 14.9. The molecule has 9 heteroatoms. The molecule has 0 aromatic rings. The molecule has 3 aliphatic heterocycles. The second-order valence-electron chi connectivity index (χ2n) is 7.58. The minimum absolute atomic E-state index is 0.00883. The van der Waals surface area contributed by atoms with Crippen molar-refractivity contribution in [2.24, 2.45) is 0 Å². The minimum atomic E-state index is -0.532. The van der Waals surface area contributed by atoms with Gasteiger partial charge in [-0.3, -0.25) is 0 Å². The Hall–Kier alpha value is 1.59. The smallest absolute Gasteiger partial charge is 0.194 e. The molecule has 3 aliphatic rings. The summed E-state index contributed by atoms with van der Waals surface area (Å²) in [6.45, 7) is 2.98. The van der Waals surface area contributed by atoms with Crippen LogP contribution in [0.1, 0.15) is 25.7 Å². The lowest BCUT2D eigenvalue weighted by molar-refractivity contribution is -0.336. The van der Waals surface area contributed by atoms with Crippen LogP contribution < -0.4 is 0 Å². The van der Waals surface area contributed by atoms with Gasteiger partial charge in [0, 0.05) is 70.4 Å². The Morgan fingerprint density at radius 2 is 1.13 bits per heavy atom. The van der Waals surface area contributed by atoms with Crippen LogP contribution in [0.15, 0.2) is 0 Å². The summed E-state index contributed by atoms with van der Waals surface area (Å²) in [6.07, 6.45) is 4.23. The predicted molar refractivity (Wildman–Crippen MR) is 139 cm³/mol. The minimum Gasteiger partial charge on any atom is -0.375 e. The summed E-state index contributed by atoms with van der Waals surface area (Å²) in [5.74, 6) is 11.6. The van der Waals surface area contributed by atoms with Crippen LogP contribution in [0, 0.1) is 0 Å². The van der Waals surface area contributed by atoms with E-state index in [2.05, 4.69) is 35.3 Å². The van der Waals surface area contributed by atoms with Crippen molar-refractivity contribution in [1.82, 2.24) is 0 Å². The first-order valence-corrected chi connectivity index (χ1v) is 17.1. The van der Waals surface area contributed by atoms with E-state index in [-0.39, 0.29) is 12.2 Å². The number of rotatable bonds is 0. The van der Waals surface area contributed by atoms with Gasteiger partial charge < -0.3 is 18.9 Å². The van der Waals surface area contributed by atoms with Gasteiger partial charge in [0.2, 0.25) is 0 Å². The molecule has 3 atom stereocenters. The van der Waals surface area contributed by atoms with Crippen LogP contribution in [0.3, 0.4) is 0 Å². The third-order valence-corrected chi connectivity index (χ3v) is 11.2. The van der Waals surface area contributed by atoms with E-state index in [9.17, 15) is 0 Å². The van der Waals surface area contributed by atoms with Gasteiger partial charge in [0.15, 0.2) is 5.79 Å². The lowest BCUT2D eigenvalue weighted by Gasteiger charge is -2.47. The molecule has 2 bridgehead atoms. The number of thioether (sulfide) groups is 5. The molecule has 3 fully saturated rings. The van der Waals surface area contributed by atoms with Gasteiger partial charge in [-0.25, -0.2) is 0 Å². The zero-order chi connectivity index (χ0) is 20.7. The highest BCUT2D eigenvalue weighted by molar-refractivity contribution is 8.05. The van der Waals surface area contributed by atoms with Crippen LogP contribution in [0.25, 0.3) is 0 Å². The molecule has 0 amide bonds. The molecule has 176 valence electrons. The normalized spacial score (nSPS) is 35.2. The van der Waals surface area contributed by atoms with Crippen molar-refractivity contribution in [3.05, 3.63) is 0 Å². The molecule has 4 nitrogen and oxygen atoms in total. The predicted octanol–water partition coefficient (Wildman–Crippen LogP) is 4.75. The Bertz CT molecular complexity index is 440. The lowest BCUT2D eigenvalue weighted by atomic mass is 9.93. The van der Waals surface area contributed by atoms with Crippen molar-refractivity contribution in [3.63, 3.8) is 0 Å². The van der Waals surface area contributed by atoms with Crippen LogP contribution in [0.2, 0.25) is 0 Å². The maximum absolute atomic E-state index is 6.35. The lowest BCUT2D eigenvalue weighted by Crippen LogP contribution is -2.57. The van der Waals surface area contributed by atoms with Crippen LogP contribution in [0.5, 0.6) is 0 Å². The van der Waals surface area contributed by atoms with Crippen molar-refractivity contribution < 1.29 is 18.9 Å². The SMILES string of the molecule is C1CCC2(OC1)OCC1CC2OCCSCCSCCSCCSCCSCCO1. The highest BCUT2D eigenvalue weighted by Crippen LogP contribution is 2.37. The largest absolute Gasteiger partial charge is 0.375 e. The van der Waals surface area contributed by atoms with E-state index < -0.39 is 5.79 Å². The first-order valence-electron chi connectivity index (χ1n) is 11.3. The summed E-state index contributed by atoms with van der Waals surface area (Å²) < 4.78 is 24.9. The maximum atomic E-state index is 6.35. The fraction of sp³-hybridized carbons (Fsp3) is 1.00. The fourth-order valence-electron chi connectivity index (χ4n) is 3.79. The van der Waals surface area contributed by atoms with E-state index in [1.165, 1.54) is 46.0 Å². The molecule has 3 heterocycles. The fourth-order valence-corrected chi connectivity index (χ4v) is 9.01. The first kappa shape index (κ1) is 26.2. The van der Waals surface area contributed by atoms with Gasteiger partial charge in [-0.2, -0.15) is 58.8 Å². The molecule has 30 heavy (non-hydrogen) atoms. The highest BCUT2D eigenvalue weighted by atomic mass is 32.2. The van der Waals surface area contributed by atoms with Crippen molar-refractivity contribution >= 4 is 58.8 Å². The third kappa shape index (κ3) is 9.84. The number of hydrogen-bond donors (Lipinski definition) is 0. The summed E-state index contributed by atoms with van der Waals surface area (Å²) in [7, 11) is 0. The highest BCUT2D eigenvalue weighted by Gasteiger charge is 2.48. The Balaban J connectivity index is 1.44. The summed E-state index contributed by atoms with van der Waals surface area (Å²) in [6, 6.07) is 0. The standard InChI is InChI=1S/C21H38O4S5/c1-2-4-24-21(3-1)20-17-19(18-25-21)22-5-7-26-9-11-28-13-15-30-16-14-29-12-10-27-8-6-23-20/h19-20H,1-18H2. The summed E-state index contributed by atoms with van der Waals surface area (Å²) >= 11 is 10.3. The van der Waals surface area contributed by atoms with E-state index in [0.29, 0.717) is 6.61 Å². The third-order valence-electron chi connectivity index (χ3n) is 5.36. The molecule has 0 radical (unpaired) electrons. The van der Waals surface area contributed by atoms with Gasteiger partial charge in [-0.1, -0.05) is 0 Å². The van der Waals surface area contributed by atoms with E-state index in [0.717, 1.165) is 57.0 Å². The molecule has 0 aliphatic carbocycles. The Labute approximate surface area is 204 Å². The Morgan fingerprint density at radius 1 is 0.567 bits per heavy atom. The summed E-state index contributed by atoms with van der Waals surface area (Å²) in [5, 5.41) is 0. The van der Waals surface area contributed by atoms with Crippen molar-refractivity contribution in [3.8, 4) is 0 Å². The second kappa shape index (κ2) is 16.3. The van der Waals surface area contributed by atoms with E-state index in [1.807, 2.05) is 23.5 Å². The van der Waals surface area contributed by atoms with Crippen LogP contribution in [-0.2, 0) is 18.9 Å². The van der Waals surface area contributed by atoms with Gasteiger partial charge in [0.25, 0.3) is 0 Å². The molecule has 0 aromatic carbocycles. The van der Waals surface area contributed by atoms with Gasteiger partial charge in [0.05, 0.1) is 32.5 Å². The molecule has 3 unspecified atom stereocenters. The van der Waals surface area contributed by atoms with Gasteiger partial charge >= 0.3 is 0 Å². The number of fused-ring (bicyclic) bond motifs is 3. The molecule has 1 spiro atoms. The number of hydrogen-bond acceptors (Lipinski definition) is 9. The molecule has 0 saturated carbocycles. The molecule has 0 N–H and O–H groups in total. The Kier molecular flexibility index (Phi) is 14.2. The van der Waals surface area contributed by atoms with E-state index in [1.54, 1.807) is 0 Å². The summed E-state index contributed by atoms with van der Waals surface area (Å²) in [5.41, 5.74) is 0. The van der Waals surface area contributed by atoms with E-state index >= 15 is 0 Å². The maximum Gasteiger partial charge on any atom is 0.194 e. The van der Waals surface area contributed by atoms with Crippen molar-refractivity contribution in [2.75, 3.05) is 84.0 Å². The summed E-state index contributed by atoms with van der Waals surface area (Å²) in [4.78, 5) is 0. The topological polar surface area (TPSA) is 36.9 Å². The van der Waals surface area contributed by atoms with Crippen LogP contribution in [-0.4, -0.2) is 102 Å². The van der Waals surface area contributed by atoms with Crippen molar-refractivity contribution in [2.45, 2.75) is 43.7 Å². The Morgan fingerprint density at radius 3 is 1.70 bits per heavy atom. The molecular formula is C21H38O4S5. The van der Waals surface area contributed by atoms with Crippen molar-refractivity contribution in [1.29, 1.82) is 0 Å². The molecular weight excluding hydrogens is 477 g/mol. The monoisotopic (exact) mass is 514 g/mol. The zero-order valence-electron chi connectivity index (χ0n) is 18.1. The van der Waals surface area contributed by atoms with Crippen LogP contribution in [0.4, 0.5) is 0 Å².